The Labute approximate surface area is 149 Å². The molecule has 1 atom stereocenters. The third kappa shape index (κ3) is 4.45. The van der Waals surface area contributed by atoms with Crippen LogP contribution in [0.1, 0.15) is 42.5 Å². The smallest absolute Gasteiger partial charge is 0.254 e. The van der Waals surface area contributed by atoms with E-state index in [2.05, 4.69) is 9.88 Å². The van der Waals surface area contributed by atoms with Gasteiger partial charge in [0.1, 0.15) is 0 Å². The molecule has 0 radical (unpaired) electrons. The molecule has 3 rings (SSSR count). The van der Waals surface area contributed by atoms with Gasteiger partial charge in [-0.1, -0.05) is 12.1 Å². The third-order valence-corrected chi connectivity index (χ3v) is 4.92. The first-order valence-corrected chi connectivity index (χ1v) is 9.10. The number of aromatic nitrogens is 1. The average molecular weight is 338 g/mol. The zero-order valence-corrected chi connectivity index (χ0v) is 14.9. The van der Waals surface area contributed by atoms with Crippen LogP contribution in [0.5, 0.6) is 0 Å². The van der Waals surface area contributed by atoms with E-state index in [0.717, 1.165) is 55.5 Å². The molecule has 0 aliphatic carbocycles. The number of benzene rings is 1. The largest absolute Gasteiger partial charge is 0.385 e. The molecule has 0 saturated carbocycles. The van der Waals surface area contributed by atoms with Crippen molar-refractivity contribution in [3.05, 3.63) is 54.4 Å². The van der Waals surface area contributed by atoms with Gasteiger partial charge in [-0.2, -0.15) is 0 Å². The molecule has 1 unspecified atom stereocenters. The van der Waals surface area contributed by atoms with Gasteiger partial charge in [-0.15, -0.1) is 0 Å². The summed E-state index contributed by atoms with van der Waals surface area (Å²) in [4.78, 5) is 19.1. The Morgan fingerprint density at radius 2 is 1.84 bits per heavy atom. The number of likely N-dealkylation sites (tertiary alicyclic amines) is 1. The lowest BCUT2D eigenvalue weighted by Gasteiger charge is -2.36. The second kappa shape index (κ2) is 8.77. The van der Waals surface area contributed by atoms with Crippen LogP contribution < -0.4 is 0 Å². The van der Waals surface area contributed by atoms with Crippen molar-refractivity contribution in [2.75, 3.05) is 20.3 Å². The van der Waals surface area contributed by atoms with Crippen LogP contribution in [-0.2, 0) is 4.74 Å². The van der Waals surface area contributed by atoms with E-state index in [1.165, 1.54) is 6.42 Å². The standard InChI is InChI=1S/C21H26N2O2/c1-25-16-4-6-20-5-2-3-15-23(20)21(24)19-9-7-17(8-10-19)18-11-13-22-14-12-18/h7-14,20H,2-6,15-16H2,1H3. The molecule has 132 valence electrons. The van der Waals surface area contributed by atoms with Crippen molar-refractivity contribution in [2.45, 2.75) is 38.1 Å². The number of ether oxygens (including phenoxy) is 1. The van der Waals surface area contributed by atoms with Crippen LogP contribution >= 0.6 is 0 Å². The average Bonchev–Trinajstić information content (AvgIpc) is 2.69. The maximum absolute atomic E-state index is 13.0. The van der Waals surface area contributed by atoms with E-state index in [-0.39, 0.29) is 5.91 Å². The molecular weight excluding hydrogens is 312 g/mol. The molecule has 1 aliphatic rings. The molecule has 2 heterocycles. The molecule has 1 fully saturated rings. The van der Waals surface area contributed by atoms with Crippen LogP contribution in [0.15, 0.2) is 48.8 Å². The predicted molar refractivity (Wildman–Crippen MR) is 99.5 cm³/mol. The Morgan fingerprint density at radius 1 is 1.12 bits per heavy atom. The summed E-state index contributed by atoms with van der Waals surface area (Å²) in [5, 5.41) is 0. The molecule has 4 nitrogen and oxygen atoms in total. The first kappa shape index (κ1) is 17.6. The molecule has 1 saturated heterocycles. The van der Waals surface area contributed by atoms with Crippen LogP contribution in [0.25, 0.3) is 11.1 Å². The van der Waals surface area contributed by atoms with Gasteiger partial charge in [-0.3, -0.25) is 9.78 Å². The summed E-state index contributed by atoms with van der Waals surface area (Å²) < 4.78 is 5.16. The van der Waals surface area contributed by atoms with Gasteiger partial charge in [-0.05, 0) is 67.5 Å². The van der Waals surface area contributed by atoms with Crippen LogP contribution in [0.2, 0.25) is 0 Å². The van der Waals surface area contributed by atoms with Gasteiger partial charge >= 0.3 is 0 Å². The zero-order chi connectivity index (χ0) is 17.5. The number of amides is 1. The molecule has 1 aromatic heterocycles. The lowest BCUT2D eigenvalue weighted by Crippen LogP contribution is -2.43. The summed E-state index contributed by atoms with van der Waals surface area (Å²) in [5.74, 6) is 0.156. The first-order chi connectivity index (χ1) is 12.3. The molecule has 1 amide bonds. The lowest BCUT2D eigenvalue weighted by molar-refractivity contribution is 0.0585. The van der Waals surface area contributed by atoms with Gasteiger partial charge < -0.3 is 9.64 Å². The number of piperidine rings is 1. The minimum atomic E-state index is 0.156. The van der Waals surface area contributed by atoms with Crippen LogP contribution in [-0.4, -0.2) is 42.1 Å². The van der Waals surface area contributed by atoms with Crippen molar-refractivity contribution < 1.29 is 9.53 Å². The molecule has 2 aromatic rings. The minimum absolute atomic E-state index is 0.156. The number of carbonyl (C=O) groups is 1. The molecule has 1 aliphatic heterocycles. The van der Waals surface area contributed by atoms with Gasteiger partial charge in [0.15, 0.2) is 0 Å². The van der Waals surface area contributed by atoms with Gasteiger partial charge in [0.25, 0.3) is 5.91 Å². The topological polar surface area (TPSA) is 42.4 Å². The monoisotopic (exact) mass is 338 g/mol. The van der Waals surface area contributed by atoms with Gasteiger partial charge in [0.2, 0.25) is 0 Å². The van der Waals surface area contributed by atoms with E-state index < -0.39 is 0 Å². The van der Waals surface area contributed by atoms with Crippen molar-refractivity contribution in [2.24, 2.45) is 0 Å². The van der Waals surface area contributed by atoms with Gasteiger partial charge in [0.05, 0.1) is 0 Å². The van der Waals surface area contributed by atoms with Gasteiger partial charge in [-0.25, -0.2) is 0 Å². The summed E-state index contributed by atoms with van der Waals surface area (Å²) in [6, 6.07) is 12.2. The van der Waals surface area contributed by atoms with Crippen LogP contribution in [0.4, 0.5) is 0 Å². The highest BCUT2D eigenvalue weighted by molar-refractivity contribution is 5.95. The van der Waals surface area contributed by atoms with Crippen molar-refractivity contribution >= 4 is 5.91 Å². The highest BCUT2D eigenvalue weighted by atomic mass is 16.5. The summed E-state index contributed by atoms with van der Waals surface area (Å²) in [7, 11) is 1.73. The van der Waals surface area contributed by atoms with Crippen molar-refractivity contribution in [1.82, 2.24) is 9.88 Å². The fraction of sp³-hybridized carbons (Fsp3) is 0.429. The lowest BCUT2D eigenvalue weighted by atomic mass is 9.96. The van der Waals surface area contributed by atoms with E-state index in [0.29, 0.717) is 6.04 Å². The van der Waals surface area contributed by atoms with E-state index in [4.69, 9.17) is 4.74 Å². The number of pyridine rings is 1. The Bertz CT molecular complexity index is 670. The number of hydrogen-bond acceptors (Lipinski definition) is 3. The Morgan fingerprint density at radius 3 is 2.56 bits per heavy atom. The first-order valence-electron chi connectivity index (χ1n) is 9.10. The highest BCUT2D eigenvalue weighted by Gasteiger charge is 2.27. The maximum Gasteiger partial charge on any atom is 0.254 e. The third-order valence-electron chi connectivity index (χ3n) is 4.92. The maximum atomic E-state index is 13.0. The normalized spacial score (nSPS) is 17.5. The Hall–Kier alpha value is -2.20. The van der Waals surface area contributed by atoms with E-state index in [1.54, 1.807) is 19.5 Å². The SMILES string of the molecule is COCCCC1CCCCN1C(=O)c1ccc(-c2ccncc2)cc1. The summed E-state index contributed by atoms with van der Waals surface area (Å²) in [6.45, 7) is 1.63. The fourth-order valence-electron chi connectivity index (χ4n) is 3.55. The van der Waals surface area contributed by atoms with Crippen molar-refractivity contribution in [3.8, 4) is 11.1 Å². The summed E-state index contributed by atoms with van der Waals surface area (Å²) >= 11 is 0. The van der Waals surface area contributed by atoms with Crippen LogP contribution in [0, 0.1) is 0 Å². The number of nitrogens with zero attached hydrogens (tertiary/aromatic N) is 2. The minimum Gasteiger partial charge on any atom is -0.385 e. The number of hydrogen-bond donors (Lipinski definition) is 0. The van der Waals surface area contributed by atoms with Crippen molar-refractivity contribution in [1.29, 1.82) is 0 Å². The second-order valence-corrected chi connectivity index (χ2v) is 6.60. The van der Waals surface area contributed by atoms with Crippen LogP contribution in [0.3, 0.4) is 0 Å². The number of methoxy groups -OCH3 is 1. The molecule has 0 N–H and O–H groups in total. The summed E-state index contributed by atoms with van der Waals surface area (Å²) in [6.07, 6.45) is 9.01. The zero-order valence-electron chi connectivity index (χ0n) is 14.9. The quantitative estimate of drug-likeness (QED) is 0.742. The van der Waals surface area contributed by atoms with E-state index in [9.17, 15) is 4.79 Å². The van der Waals surface area contributed by atoms with E-state index >= 15 is 0 Å². The molecule has 0 bridgehead atoms. The molecule has 4 heteroatoms. The molecule has 0 spiro atoms. The molecule has 25 heavy (non-hydrogen) atoms. The Balaban J connectivity index is 1.70. The Kier molecular flexibility index (Phi) is 6.18. The van der Waals surface area contributed by atoms with Gasteiger partial charge in [0, 0.05) is 44.3 Å². The fourth-order valence-corrected chi connectivity index (χ4v) is 3.55. The predicted octanol–water partition coefficient (Wildman–Crippen LogP) is 4.17. The molecular formula is C21H26N2O2. The second-order valence-electron chi connectivity index (χ2n) is 6.60. The number of carbonyl (C=O) groups excluding carboxylic acids is 1. The van der Waals surface area contributed by atoms with E-state index in [1.807, 2.05) is 36.4 Å². The molecule has 1 aromatic carbocycles. The summed E-state index contributed by atoms with van der Waals surface area (Å²) in [5.41, 5.74) is 3.00. The highest BCUT2D eigenvalue weighted by Crippen LogP contribution is 2.24. The number of rotatable bonds is 6. The van der Waals surface area contributed by atoms with Crippen molar-refractivity contribution in [3.63, 3.8) is 0 Å².